The molecule has 0 N–H and O–H groups in total. The van der Waals surface area contributed by atoms with Gasteiger partial charge in [-0.1, -0.05) is 17.8 Å². The van der Waals surface area contributed by atoms with Gasteiger partial charge in [0.15, 0.2) is 11.5 Å². The highest BCUT2D eigenvalue weighted by Crippen LogP contribution is 2.27. The Balaban J connectivity index is 1.94. The maximum absolute atomic E-state index is 5.65. The van der Waals surface area contributed by atoms with Crippen LogP contribution in [0.1, 0.15) is 0 Å². The predicted octanol–water partition coefficient (Wildman–Crippen LogP) is 3.11. The zero-order chi connectivity index (χ0) is 12.4. The van der Waals surface area contributed by atoms with Gasteiger partial charge in [-0.25, -0.2) is 0 Å². The lowest BCUT2D eigenvalue weighted by atomic mass is 10.3. The SMILES string of the molecule is CSc1nnc(-c2ccc(-c3ccccn3)o2)o1. The molecule has 18 heavy (non-hydrogen) atoms. The molecule has 0 aliphatic heterocycles. The molecule has 0 aromatic carbocycles. The van der Waals surface area contributed by atoms with E-state index in [-0.39, 0.29) is 0 Å². The van der Waals surface area contributed by atoms with Crippen LogP contribution >= 0.6 is 11.8 Å². The fourth-order valence-corrected chi connectivity index (χ4v) is 1.78. The number of furan rings is 1. The quantitative estimate of drug-likeness (QED) is 0.673. The molecule has 0 aliphatic carbocycles. The molecule has 0 atom stereocenters. The van der Waals surface area contributed by atoms with Gasteiger partial charge in [0, 0.05) is 6.20 Å². The van der Waals surface area contributed by atoms with E-state index in [1.165, 1.54) is 11.8 Å². The molecule has 0 bridgehead atoms. The van der Waals surface area contributed by atoms with Crippen LogP contribution in [0, 0.1) is 0 Å². The van der Waals surface area contributed by atoms with Crippen LogP contribution in [0.25, 0.3) is 23.1 Å². The van der Waals surface area contributed by atoms with E-state index >= 15 is 0 Å². The second-order valence-corrected chi connectivity index (χ2v) is 4.21. The monoisotopic (exact) mass is 259 g/mol. The highest BCUT2D eigenvalue weighted by Gasteiger charge is 2.13. The minimum absolute atomic E-state index is 0.376. The van der Waals surface area contributed by atoms with E-state index in [2.05, 4.69) is 15.2 Å². The molecule has 0 saturated carbocycles. The number of nitrogens with zero attached hydrogens (tertiary/aromatic N) is 3. The van der Waals surface area contributed by atoms with Crippen molar-refractivity contribution in [2.75, 3.05) is 6.26 Å². The standard InChI is InChI=1S/C12H9N3O2S/c1-18-12-15-14-11(17-12)10-6-5-9(16-10)8-4-2-3-7-13-8/h2-7H,1H3. The first-order chi connectivity index (χ1) is 8.86. The van der Waals surface area contributed by atoms with Crippen LogP contribution in [-0.4, -0.2) is 21.4 Å². The fourth-order valence-electron chi connectivity index (χ4n) is 1.49. The lowest BCUT2D eigenvalue weighted by Crippen LogP contribution is -1.77. The number of rotatable bonds is 3. The summed E-state index contributed by atoms with van der Waals surface area (Å²) >= 11 is 1.39. The van der Waals surface area contributed by atoms with E-state index < -0.39 is 0 Å². The topological polar surface area (TPSA) is 65.0 Å². The van der Waals surface area contributed by atoms with E-state index in [4.69, 9.17) is 8.83 Å². The third-order valence-electron chi connectivity index (χ3n) is 2.32. The number of pyridine rings is 1. The van der Waals surface area contributed by atoms with Gasteiger partial charge >= 0.3 is 0 Å². The first kappa shape index (κ1) is 11.0. The summed E-state index contributed by atoms with van der Waals surface area (Å²) in [5.41, 5.74) is 0.772. The average molecular weight is 259 g/mol. The summed E-state index contributed by atoms with van der Waals surface area (Å²) in [6, 6.07) is 9.27. The Morgan fingerprint density at radius 1 is 1.00 bits per heavy atom. The van der Waals surface area contributed by atoms with Gasteiger partial charge in [0.25, 0.3) is 11.1 Å². The van der Waals surface area contributed by atoms with Crippen molar-refractivity contribution in [3.63, 3.8) is 0 Å². The van der Waals surface area contributed by atoms with E-state index in [0.29, 0.717) is 22.6 Å². The van der Waals surface area contributed by atoms with Crippen molar-refractivity contribution >= 4 is 11.8 Å². The van der Waals surface area contributed by atoms with Crippen LogP contribution in [-0.2, 0) is 0 Å². The summed E-state index contributed by atoms with van der Waals surface area (Å²) in [6.45, 7) is 0. The Morgan fingerprint density at radius 2 is 1.89 bits per heavy atom. The van der Waals surface area contributed by atoms with Gasteiger partial charge in [0.1, 0.15) is 5.69 Å². The van der Waals surface area contributed by atoms with Crippen molar-refractivity contribution in [2.24, 2.45) is 0 Å². The predicted molar refractivity (Wildman–Crippen MR) is 67.0 cm³/mol. The molecule has 0 radical (unpaired) electrons. The number of hydrogen-bond donors (Lipinski definition) is 0. The van der Waals surface area contributed by atoms with Crippen molar-refractivity contribution < 1.29 is 8.83 Å². The average Bonchev–Trinajstić information content (AvgIpc) is 3.08. The van der Waals surface area contributed by atoms with Gasteiger partial charge in [-0.3, -0.25) is 4.98 Å². The highest BCUT2D eigenvalue weighted by atomic mass is 32.2. The summed E-state index contributed by atoms with van der Waals surface area (Å²) < 4.78 is 11.0. The normalized spacial score (nSPS) is 10.7. The molecule has 0 fully saturated rings. The number of hydrogen-bond acceptors (Lipinski definition) is 6. The van der Waals surface area contributed by atoms with E-state index in [9.17, 15) is 0 Å². The Morgan fingerprint density at radius 3 is 2.61 bits per heavy atom. The lowest BCUT2D eigenvalue weighted by Gasteiger charge is -1.93. The maximum atomic E-state index is 5.65. The van der Waals surface area contributed by atoms with Gasteiger partial charge in [0.05, 0.1) is 0 Å². The summed E-state index contributed by atoms with van der Waals surface area (Å²) in [6.07, 6.45) is 3.59. The molecule has 0 spiro atoms. The number of aromatic nitrogens is 3. The van der Waals surface area contributed by atoms with Crippen molar-refractivity contribution in [3.05, 3.63) is 36.5 Å². The van der Waals surface area contributed by atoms with Gasteiger partial charge in [0.2, 0.25) is 0 Å². The van der Waals surface area contributed by atoms with Crippen LogP contribution < -0.4 is 0 Å². The zero-order valence-electron chi connectivity index (χ0n) is 9.53. The van der Waals surface area contributed by atoms with E-state index in [1.54, 1.807) is 12.3 Å². The van der Waals surface area contributed by atoms with Crippen LogP contribution in [0.4, 0.5) is 0 Å². The Bertz CT molecular complexity index is 648. The molecule has 6 heteroatoms. The van der Waals surface area contributed by atoms with Crippen LogP contribution in [0.15, 0.2) is 50.6 Å². The van der Waals surface area contributed by atoms with Crippen molar-refractivity contribution in [2.45, 2.75) is 5.22 Å². The second-order valence-electron chi connectivity index (χ2n) is 3.46. The molecule has 3 heterocycles. The molecule has 3 aromatic rings. The molecule has 3 aromatic heterocycles. The molecule has 3 rings (SSSR count). The molecule has 0 aliphatic rings. The van der Waals surface area contributed by atoms with Crippen LogP contribution in [0.2, 0.25) is 0 Å². The van der Waals surface area contributed by atoms with Crippen LogP contribution in [0.5, 0.6) is 0 Å². The Labute approximate surface area is 107 Å². The molecule has 0 amide bonds. The van der Waals surface area contributed by atoms with Gasteiger partial charge in [-0.15, -0.1) is 10.2 Å². The molecule has 0 saturated heterocycles. The Kier molecular flexibility index (Phi) is 2.85. The smallest absolute Gasteiger partial charge is 0.284 e. The van der Waals surface area contributed by atoms with Gasteiger partial charge in [-0.05, 0) is 30.5 Å². The molecular formula is C12H9N3O2S. The molecule has 0 unspecified atom stereocenters. The van der Waals surface area contributed by atoms with Crippen LogP contribution in [0.3, 0.4) is 0 Å². The van der Waals surface area contributed by atoms with E-state index in [1.807, 2.05) is 30.5 Å². The van der Waals surface area contributed by atoms with Crippen molar-refractivity contribution in [1.29, 1.82) is 0 Å². The third-order valence-corrected chi connectivity index (χ3v) is 2.83. The van der Waals surface area contributed by atoms with Gasteiger partial charge < -0.3 is 8.83 Å². The number of thioether (sulfide) groups is 1. The van der Waals surface area contributed by atoms with Crippen molar-refractivity contribution in [3.8, 4) is 23.1 Å². The molecular weight excluding hydrogens is 250 g/mol. The first-order valence-corrected chi connectivity index (χ1v) is 6.48. The Hall–Kier alpha value is -2.08. The lowest BCUT2D eigenvalue weighted by molar-refractivity contribution is 0.449. The fraction of sp³-hybridized carbons (Fsp3) is 0.0833. The zero-order valence-corrected chi connectivity index (χ0v) is 10.3. The molecule has 90 valence electrons. The first-order valence-electron chi connectivity index (χ1n) is 5.26. The van der Waals surface area contributed by atoms with Gasteiger partial charge in [-0.2, -0.15) is 0 Å². The summed E-state index contributed by atoms with van der Waals surface area (Å²) in [5, 5.41) is 8.29. The van der Waals surface area contributed by atoms with Crippen molar-refractivity contribution in [1.82, 2.24) is 15.2 Å². The maximum Gasteiger partial charge on any atom is 0.284 e. The second kappa shape index (κ2) is 4.66. The summed E-state index contributed by atoms with van der Waals surface area (Å²) in [4.78, 5) is 4.21. The minimum atomic E-state index is 0.376. The summed E-state index contributed by atoms with van der Waals surface area (Å²) in [7, 11) is 0. The third kappa shape index (κ3) is 2.02. The largest absolute Gasteiger partial charge is 0.449 e. The van der Waals surface area contributed by atoms with E-state index in [0.717, 1.165) is 5.69 Å². The minimum Gasteiger partial charge on any atom is -0.449 e. The molecule has 5 nitrogen and oxygen atoms in total. The highest BCUT2D eigenvalue weighted by molar-refractivity contribution is 7.98. The summed E-state index contributed by atoms with van der Waals surface area (Å²) in [5.74, 6) is 1.60.